The zero-order valence-electron chi connectivity index (χ0n) is 42.5. The maximum atomic E-state index is 11.5. The van der Waals surface area contributed by atoms with Crippen molar-refractivity contribution in [1.29, 1.82) is 0 Å². The van der Waals surface area contributed by atoms with Crippen LogP contribution in [0, 0.1) is 46.3 Å². The average molecular weight is 1050 g/mol. The Morgan fingerprint density at radius 1 is 0.589 bits per heavy atom. The largest absolute Gasteiger partial charge is 0.394 e. The molecule has 4 aliphatic carbocycles. The van der Waals surface area contributed by atoms with Gasteiger partial charge in [-0.15, -0.1) is 0 Å². The molecule has 9 fully saturated rings. The molecule has 4 saturated carbocycles. The van der Waals surface area contributed by atoms with Gasteiger partial charge in [-0.05, 0) is 105 Å². The normalized spacial score (nSPS) is 55.6. The van der Waals surface area contributed by atoms with Crippen molar-refractivity contribution in [2.75, 3.05) is 33.5 Å². The van der Waals surface area contributed by atoms with E-state index in [0.29, 0.717) is 42.9 Å². The predicted octanol–water partition coefficient (Wildman–Crippen LogP) is -2.91. The second-order valence-electron chi connectivity index (χ2n) is 23.5. The zero-order chi connectivity index (χ0) is 52.6. The molecular weight excluding hydrogens is 969 g/mol. The fourth-order valence-corrected chi connectivity index (χ4v) is 15.6. The second kappa shape index (κ2) is 22.3. The van der Waals surface area contributed by atoms with E-state index in [0.717, 1.165) is 44.9 Å². The minimum atomic E-state index is -1.86. The molecule has 23 heteroatoms. The summed E-state index contributed by atoms with van der Waals surface area (Å²) in [7, 11) is 1.69. The summed E-state index contributed by atoms with van der Waals surface area (Å²) in [5, 5.41) is 136. The number of aliphatic hydroxyl groups excluding tert-OH is 13. The van der Waals surface area contributed by atoms with Gasteiger partial charge in [0.05, 0.1) is 44.7 Å². The molecule has 31 atom stereocenters. The Labute approximate surface area is 425 Å². The van der Waals surface area contributed by atoms with E-state index < -0.39 is 155 Å². The first-order chi connectivity index (χ1) is 34.6. The molecule has 5 aliphatic heterocycles. The van der Waals surface area contributed by atoms with Gasteiger partial charge >= 0.3 is 0 Å². The van der Waals surface area contributed by atoms with Gasteiger partial charge in [0, 0.05) is 19.4 Å². The van der Waals surface area contributed by atoms with Crippen LogP contribution in [0.3, 0.4) is 0 Å². The Morgan fingerprint density at radius 2 is 1.18 bits per heavy atom. The van der Waals surface area contributed by atoms with Crippen LogP contribution < -0.4 is 0 Å². The maximum absolute atomic E-state index is 11.5. The van der Waals surface area contributed by atoms with Crippen molar-refractivity contribution < 1.29 is 114 Å². The van der Waals surface area contributed by atoms with E-state index in [2.05, 4.69) is 20.8 Å². The maximum Gasteiger partial charge on any atom is 0.187 e. The lowest BCUT2D eigenvalue weighted by molar-refractivity contribution is -0.380. The van der Waals surface area contributed by atoms with Crippen LogP contribution in [0.4, 0.5) is 0 Å². The summed E-state index contributed by atoms with van der Waals surface area (Å²) in [4.78, 5) is 0. The number of ether oxygens (including phenoxy) is 10. The van der Waals surface area contributed by atoms with Gasteiger partial charge in [0.2, 0.25) is 0 Å². The zero-order valence-corrected chi connectivity index (χ0v) is 42.5. The third-order valence-corrected chi connectivity index (χ3v) is 19.8. The molecule has 0 amide bonds. The third kappa shape index (κ3) is 10.1. The standard InChI is InChI=1S/C50H84O23/c1-20(66-44-39(61)36(58)34(56)29(16-51)68-44)8-13-50(64-5)21(2)32-28(73-50)15-26-24-7-6-22-14-23(9-11-48(22,3)25(24)10-12-49(26,32)4)67-45-41(63)38(60)42(31(18-53)70-45)71-47-43(33(55)27(54)19-65-47)72-46-40(62)37(59)35(57)30(17-52)69-46/h20-47,51-63H,6-19H2,1-5H3/t20?,21?,22?,23?,24?,25?,26?,27-,28?,29-,30-,31-,32?,33-,34-,35-,36+,37-,38+,39-,40-,41-,42-,43-,44-,45-,46+,47+,48?,49?,50?/m1/s1. The molecular formula is C50H84O23. The van der Waals surface area contributed by atoms with Crippen LogP contribution in [0.1, 0.15) is 91.9 Å². The molecule has 0 bridgehead atoms. The van der Waals surface area contributed by atoms with E-state index in [1.165, 1.54) is 0 Å². The number of hydrogen-bond acceptors (Lipinski definition) is 23. The van der Waals surface area contributed by atoms with E-state index in [4.69, 9.17) is 47.4 Å². The molecule has 5 saturated heterocycles. The smallest absolute Gasteiger partial charge is 0.187 e. The molecule has 9 aliphatic rings. The van der Waals surface area contributed by atoms with Gasteiger partial charge in [0.25, 0.3) is 0 Å². The molecule has 5 heterocycles. The first-order valence-corrected chi connectivity index (χ1v) is 26.7. The summed E-state index contributed by atoms with van der Waals surface area (Å²) >= 11 is 0. The minimum Gasteiger partial charge on any atom is -0.394 e. The van der Waals surface area contributed by atoms with Crippen LogP contribution in [0.15, 0.2) is 0 Å². The van der Waals surface area contributed by atoms with Gasteiger partial charge < -0.3 is 114 Å². The topological polar surface area (TPSA) is 355 Å². The molecule has 73 heavy (non-hydrogen) atoms. The van der Waals surface area contributed by atoms with Crippen molar-refractivity contribution in [3.8, 4) is 0 Å². The second-order valence-corrected chi connectivity index (χ2v) is 23.5. The van der Waals surface area contributed by atoms with Crippen molar-refractivity contribution in [3.05, 3.63) is 0 Å². The molecule has 0 radical (unpaired) electrons. The highest BCUT2D eigenvalue weighted by molar-refractivity contribution is 5.15. The van der Waals surface area contributed by atoms with Gasteiger partial charge in [-0.2, -0.15) is 0 Å². The monoisotopic (exact) mass is 1050 g/mol. The quantitative estimate of drug-likeness (QED) is 0.0731. The van der Waals surface area contributed by atoms with Crippen molar-refractivity contribution >= 4 is 0 Å². The molecule has 0 aromatic heterocycles. The number of aliphatic hydroxyl groups is 13. The Hall–Kier alpha value is -0.920. The highest BCUT2D eigenvalue weighted by Crippen LogP contribution is 2.71. The first-order valence-electron chi connectivity index (χ1n) is 26.7. The van der Waals surface area contributed by atoms with Crippen LogP contribution in [-0.4, -0.2) is 241 Å². The van der Waals surface area contributed by atoms with E-state index >= 15 is 0 Å². The highest BCUT2D eigenvalue weighted by atomic mass is 16.8. The molecule has 23 nitrogen and oxygen atoms in total. The SMILES string of the molecule is COC1(CCC(C)O[C@@H]2O[C@H](CO)[C@@H](O)[C@H](O)[C@H]2O)OC2CC3C4CCC5CC(O[C@@H]6O[C@H](CO)[C@@H](O[C@@H]7OC[C@@H](O)[C@@H](O)[C@H]7O[C@@H]7O[C@H](CO)[C@@H](O)[C@@H](O)[C@H]7O)[C@@H](O)[C@H]6O)CCC5(C)C4CCC3(C)C2C1C. The Morgan fingerprint density at radius 3 is 1.84 bits per heavy atom. The molecule has 422 valence electrons. The molecule has 0 aromatic carbocycles. The Bertz CT molecular complexity index is 1820. The van der Waals surface area contributed by atoms with Crippen molar-refractivity contribution in [3.63, 3.8) is 0 Å². The van der Waals surface area contributed by atoms with Crippen LogP contribution in [0.25, 0.3) is 0 Å². The van der Waals surface area contributed by atoms with Gasteiger partial charge in [0.1, 0.15) is 91.6 Å². The molecule has 9 rings (SSSR count). The lowest BCUT2D eigenvalue weighted by Crippen LogP contribution is -2.65. The molecule has 13 N–H and O–H groups in total. The average Bonchev–Trinajstić information content (AvgIpc) is 3.84. The van der Waals surface area contributed by atoms with Gasteiger partial charge in [-0.3, -0.25) is 0 Å². The molecule has 12 unspecified atom stereocenters. The lowest BCUT2D eigenvalue weighted by Gasteiger charge is -2.61. The lowest BCUT2D eigenvalue weighted by atomic mass is 9.44. The molecule has 0 spiro atoms. The summed E-state index contributed by atoms with van der Waals surface area (Å²) in [6.07, 6.45) is -21.3. The van der Waals surface area contributed by atoms with Crippen molar-refractivity contribution in [1.82, 2.24) is 0 Å². The van der Waals surface area contributed by atoms with E-state index in [9.17, 15) is 66.4 Å². The number of methoxy groups -OCH3 is 1. The van der Waals surface area contributed by atoms with E-state index in [-0.39, 0.29) is 34.9 Å². The Kier molecular flexibility index (Phi) is 17.4. The fraction of sp³-hybridized carbons (Fsp3) is 1.00. The van der Waals surface area contributed by atoms with Crippen LogP contribution in [-0.2, 0) is 47.4 Å². The van der Waals surface area contributed by atoms with Crippen LogP contribution in [0.2, 0.25) is 0 Å². The van der Waals surface area contributed by atoms with E-state index in [1.54, 1.807) is 7.11 Å². The van der Waals surface area contributed by atoms with E-state index in [1.807, 2.05) is 6.92 Å². The first kappa shape index (κ1) is 56.8. The Balaban J connectivity index is 0.791. The van der Waals surface area contributed by atoms with Gasteiger partial charge in [-0.1, -0.05) is 20.8 Å². The van der Waals surface area contributed by atoms with Gasteiger partial charge in [0.15, 0.2) is 30.9 Å². The summed E-state index contributed by atoms with van der Waals surface area (Å²) in [5.74, 6) is 1.33. The predicted molar refractivity (Wildman–Crippen MR) is 246 cm³/mol. The third-order valence-electron chi connectivity index (χ3n) is 19.8. The van der Waals surface area contributed by atoms with Gasteiger partial charge in [-0.25, -0.2) is 0 Å². The number of rotatable bonds is 15. The number of fused-ring (bicyclic) bond motifs is 7. The van der Waals surface area contributed by atoms with Crippen molar-refractivity contribution in [2.45, 2.75) is 233 Å². The van der Waals surface area contributed by atoms with Crippen LogP contribution in [0.5, 0.6) is 0 Å². The summed E-state index contributed by atoms with van der Waals surface area (Å²) in [6, 6.07) is 0. The summed E-state index contributed by atoms with van der Waals surface area (Å²) in [5.41, 5.74) is 0.0855. The summed E-state index contributed by atoms with van der Waals surface area (Å²) < 4.78 is 60.3. The summed E-state index contributed by atoms with van der Waals surface area (Å²) in [6.45, 7) is 6.56. The van der Waals surface area contributed by atoms with Crippen molar-refractivity contribution in [2.24, 2.45) is 46.3 Å². The fourth-order valence-electron chi connectivity index (χ4n) is 15.6. The number of hydrogen-bond donors (Lipinski definition) is 13. The minimum absolute atomic E-state index is 0.0195. The molecule has 0 aromatic rings. The highest BCUT2D eigenvalue weighted by Gasteiger charge is 2.69. The van der Waals surface area contributed by atoms with Crippen LogP contribution >= 0.6 is 0 Å².